The van der Waals surface area contributed by atoms with Crippen LogP contribution in [0.2, 0.25) is 0 Å². The maximum absolute atomic E-state index is 5.09. The van der Waals surface area contributed by atoms with Crippen LogP contribution in [0.15, 0.2) is 97.1 Å². The van der Waals surface area contributed by atoms with Gasteiger partial charge in [-0.25, -0.2) is 29.9 Å². The molecule has 0 saturated carbocycles. The van der Waals surface area contributed by atoms with Crippen molar-refractivity contribution in [2.24, 2.45) is 0 Å². The Balaban J connectivity index is 0.00000256. The summed E-state index contributed by atoms with van der Waals surface area (Å²) in [6.07, 6.45) is 16.5. The van der Waals surface area contributed by atoms with Crippen LogP contribution < -0.4 is 11.0 Å². The molecule has 8 bridgehead atoms. The second kappa shape index (κ2) is 9.02. The molecule has 8 nitrogen and oxygen atoms in total. The van der Waals surface area contributed by atoms with Gasteiger partial charge >= 0.3 is 0 Å². The molecule has 2 aliphatic carbocycles. The molecule has 0 spiro atoms. The second-order valence-electron chi connectivity index (χ2n) is 10.1. The Morgan fingerprint density at radius 2 is 1.22 bits per heavy atom. The van der Waals surface area contributed by atoms with Gasteiger partial charge in [0.2, 0.25) is 0 Å². The van der Waals surface area contributed by atoms with E-state index in [-0.39, 0.29) is 28.9 Å². The van der Waals surface area contributed by atoms with Crippen LogP contribution in [0.1, 0.15) is 23.5 Å². The monoisotopic (exact) mass is 579 g/mol. The first-order chi connectivity index (χ1) is 19.8. The molecule has 0 amide bonds. The van der Waals surface area contributed by atoms with Crippen molar-refractivity contribution in [3.63, 3.8) is 0 Å². The molecule has 1 radical (unpaired) electrons. The third kappa shape index (κ3) is 3.60. The molecule has 4 aromatic rings. The molecular formula is C32H20CuN8. The third-order valence-electron chi connectivity index (χ3n) is 7.81. The van der Waals surface area contributed by atoms with Crippen molar-refractivity contribution in [3.05, 3.63) is 120 Å². The van der Waals surface area contributed by atoms with E-state index < -0.39 is 0 Å². The first kappa shape index (κ1) is 23.9. The van der Waals surface area contributed by atoms with Crippen molar-refractivity contribution < 1.29 is 17.1 Å². The maximum Gasteiger partial charge on any atom is 0.164 e. The van der Waals surface area contributed by atoms with Gasteiger partial charge in [0, 0.05) is 50.1 Å². The van der Waals surface area contributed by atoms with Gasteiger partial charge in [-0.2, -0.15) is 0 Å². The molecular weight excluding hydrogens is 560 g/mol. The number of hydrogen-bond acceptors (Lipinski definition) is 6. The van der Waals surface area contributed by atoms with Crippen molar-refractivity contribution in [1.29, 1.82) is 0 Å². The Hall–Kier alpha value is -4.98. The van der Waals surface area contributed by atoms with E-state index in [1.165, 1.54) is 0 Å². The fourth-order valence-corrected chi connectivity index (χ4v) is 5.90. The second-order valence-corrected chi connectivity index (χ2v) is 10.1. The van der Waals surface area contributed by atoms with Gasteiger partial charge in [-0.05, 0) is 0 Å². The summed E-state index contributed by atoms with van der Waals surface area (Å²) in [4.78, 5) is 37.0. The predicted octanol–water partition coefficient (Wildman–Crippen LogP) is 4.22. The molecule has 9 heteroatoms. The normalized spacial score (nSPS) is 18.5. The number of benzene rings is 2. The summed E-state index contributed by atoms with van der Waals surface area (Å²) < 4.78 is 0. The van der Waals surface area contributed by atoms with E-state index in [2.05, 4.69) is 46.4 Å². The van der Waals surface area contributed by atoms with Crippen LogP contribution in [0, 0.1) is 0 Å². The predicted molar refractivity (Wildman–Crippen MR) is 154 cm³/mol. The van der Waals surface area contributed by atoms with Gasteiger partial charge in [0.1, 0.15) is 28.4 Å². The largest absolute Gasteiger partial charge is 0.327 e. The molecule has 2 aromatic carbocycles. The summed E-state index contributed by atoms with van der Waals surface area (Å²) >= 11 is 0. The summed E-state index contributed by atoms with van der Waals surface area (Å²) in [6.45, 7) is 0. The van der Waals surface area contributed by atoms with Crippen molar-refractivity contribution in [1.82, 2.24) is 39.9 Å². The smallest absolute Gasteiger partial charge is 0.164 e. The number of hydrogen-bond donors (Lipinski definition) is 2. The molecule has 2 aromatic heterocycles. The standard InChI is InChI=1S/C32H20N8.Cu/c1-2-10-18-17(9-1)25-33-26(18)38-28-21-13-5-6-14-22(21)30(35-28)40-32-24-16-8-7-15-23(24)31(36-32)39-29-20-12-4-3-11-19(20)27(34-29)37-25;/h1-17,20H,(H,33,37)(H,34,35,36,38,39,40);. The van der Waals surface area contributed by atoms with Gasteiger partial charge in [0.15, 0.2) is 17.1 Å². The number of nitrogens with one attached hydrogen (secondary N) is 2. The quantitative estimate of drug-likeness (QED) is 0.266. The van der Waals surface area contributed by atoms with Crippen LogP contribution in [0.4, 0.5) is 0 Å². The number of fused-ring (bicyclic) bond motifs is 18. The first-order valence-electron chi connectivity index (χ1n) is 13.2. The van der Waals surface area contributed by atoms with E-state index in [9.17, 15) is 0 Å². The maximum atomic E-state index is 5.09. The molecule has 2 N–H and O–H groups in total. The van der Waals surface area contributed by atoms with Crippen molar-refractivity contribution in [3.8, 4) is 22.8 Å². The van der Waals surface area contributed by atoms with Crippen LogP contribution >= 0.6 is 0 Å². The van der Waals surface area contributed by atoms with E-state index in [0.29, 0.717) is 28.6 Å². The Morgan fingerprint density at radius 3 is 2.00 bits per heavy atom. The Labute approximate surface area is 244 Å². The minimum Gasteiger partial charge on any atom is -0.327 e. The average molecular weight is 580 g/mol. The Kier molecular flexibility index (Phi) is 5.25. The van der Waals surface area contributed by atoms with Crippen molar-refractivity contribution >= 4 is 33.2 Å². The zero-order valence-corrected chi connectivity index (χ0v) is 22.3. The molecule has 3 aliphatic heterocycles. The van der Waals surface area contributed by atoms with E-state index in [0.717, 1.165) is 50.0 Å². The molecule has 0 fully saturated rings. The average Bonchev–Trinajstić information content (AvgIpc) is 3.73. The van der Waals surface area contributed by atoms with Crippen LogP contribution in [0.5, 0.6) is 0 Å². The number of H-pyrrole nitrogens is 2. The number of nitrogens with zero attached hydrogens (tertiary/aromatic N) is 6. The summed E-state index contributed by atoms with van der Waals surface area (Å²) in [7, 11) is 0. The van der Waals surface area contributed by atoms with E-state index in [4.69, 9.17) is 29.9 Å². The summed E-state index contributed by atoms with van der Waals surface area (Å²) in [5.74, 6) is 2.52. The minimum atomic E-state index is -0.0924. The van der Waals surface area contributed by atoms with Gasteiger partial charge in [0.05, 0.1) is 11.8 Å². The Bertz CT molecular complexity index is 2250. The number of rotatable bonds is 0. The molecule has 5 heterocycles. The van der Waals surface area contributed by atoms with E-state index >= 15 is 0 Å². The summed E-state index contributed by atoms with van der Waals surface area (Å²) in [5, 5.41) is 1.96. The van der Waals surface area contributed by atoms with Gasteiger partial charge in [0.25, 0.3) is 0 Å². The topological polar surface area (TPSA) is 109 Å². The fourth-order valence-electron chi connectivity index (χ4n) is 5.90. The van der Waals surface area contributed by atoms with Gasteiger partial charge in [-0.1, -0.05) is 97.1 Å². The van der Waals surface area contributed by atoms with Crippen LogP contribution in [0.25, 0.3) is 56.0 Å². The first-order valence-corrected chi connectivity index (χ1v) is 13.2. The molecule has 199 valence electrons. The van der Waals surface area contributed by atoms with Gasteiger partial charge in [-0.3, -0.25) is 0 Å². The molecule has 9 rings (SSSR count). The van der Waals surface area contributed by atoms with Crippen molar-refractivity contribution in [2.75, 3.05) is 0 Å². The number of aromatic nitrogens is 8. The van der Waals surface area contributed by atoms with Crippen molar-refractivity contribution in [2.45, 2.75) is 11.8 Å². The van der Waals surface area contributed by atoms with Gasteiger partial charge < -0.3 is 9.97 Å². The molecule has 0 saturated heterocycles. The van der Waals surface area contributed by atoms with Crippen LogP contribution in [-0.4, -0.2) is 39.9 Å². The molecule has 5 aliphatic rings. The van der Waals surface area contributed by atoms with Gasteiger partial charge in [-0.15, -0.1) is 0 Å². The third-order valence-corrected chi connectivity index (χ3v) is 7.81. The number of allylic oxidation sites excluding steroid dienone is 8. The van der Waals surface area contributed by atoms with Crippen LogP contribution in [-0.2, 0) is 17.1 Å². The zero-order chi connectivity index (χ0) is 26.2. The zero-order valence-electron chi connectivity index (χ0n) is 21.4. The summed E-state index contributed by atoms with van der Waals surface area (Å²) in [6, 6.07) is 16.2. The summed E-state index contributed by atoms with van der Waals surface area (Å²) in [5.41, 5.74) is 6.77. The molecule has 2 atom stereocenters. The van der Waals surface area contributed by atoms with E-state index in [1.807, 2.05) is 60.7 Å². The molecule has 41 heavy (non-hydrogen) atoms. The number of aromatic amines is 2. The molecule has 2 unspecified atom stereocenters. The SMILES string of the molecule is C1=CC2=c3nc(nc4nc(nc5[nH]c(nc6[nH]c(n3)C3C=CC=CC=63)c3ccccc53)-c3ccccc3-4)C2C=C1.[Cu]. The Morgan fingerprint density at radius 1 is 0.561 bits per heavy atom. The minimum absolute atomic E-state index is 0. The van der Waals surface area contributed by atoms with Crippen LogP contribution in [0.3, 0.4) is 0 Å². The van der Waals surface area contributed by atoms with E-state index in [1.54, 1.807) is 0 Å². The fraction of sp³-hybridized carbons (Fsp3) is 0.0625.